The van der Waals surface area contributed by atoms with Crippen molar-refractivity contribution >= 4 is 11.8 Å². The minimum absolute atomic E-state index is 0.0103. The van der Waals surface area contributed by atoms with E-state index in [-0.39, 0.29) is 29.0 Å². The van der Waals surface area contributed by atoms with E-state index in [0.717, 1.165) is 44.9 Å². The Morgan fingerprint density at radius 1 is 0.711 bits per heavy atom. The lowest BCUT2D eigenvalue weighted by atomic mass is 10.0. The zero-order valence-electron chi connectivity index (χ0n) is 23.1. The Labute approximate surface area is 229 Å². The quantitative estimate of drug-likeness (QED) is 0.132. The average Bonchev–Trinajstić information content (AvgIpc) is 2.92. The lowest BCUT2D eigenvalue weighted by Gasteiger charge is -2.13. The number of nitrogens with one attached hydrogen (secondary N) is 2. The molecule has 0 bridgehead atoms. The molecule has 0 saturated carbocycles. The molecule has 0 saturated heterocycles. The summed E-state index contributed by atoms with van der Waals surface area (Å²) >= 11 is 0. The lowest BCUT2D eigenvalue weighted by molar-refractivity contribution is -0.124. The van der Waals surface area contributed by atoms with Crippen molar-refractivity contribution in [3.05, 3.63) is 103 Å². The molecule has 1 rings (SSSR count). The van der Waals surface area contributed by atoms with Gasteiger partial charge in [0.25, 0.3) is 5.91 Å². The number of aromatic hydroxyl groups is 1. The number of para-hydroxylation sites is 1. The SMILES string of the molecule is CC/C=C\C/C=C\C/C=C\C/C=C\C/C=C\C/C=C\CC(CC)C(=O)NCCNC(=O)c1ccccc1O. The molecule has 2 amide bonds. The largest absolute Gasteiger partial charge is 0.507 e. The van der Waals surface area contributed by atoms with Gasteiger partial charge in [0.05, 0.1) is 5.56 Å². The van der Waals surface area contributed by atoms with E-state index in [1.165, 1.54) is 6.07 Å². The zero-order chi connectivity index (χ0) is 27.7. The number of hydrogen-bond donors (Lipinski definition) is 3. The molecule has 0 aliphatic carbocycles. The van der Waals surface area contributed by atoms with E-state index in [2.05, 4.69) is 90.5 Å². The van der Waals surface area contributed by atoms with Gasteiger partial charge in [-0.15, -0.1) is 0 Å². The first-order valence-corrected chi connectivity index (χ1v) is 13.8. The average molecular weight is 519 g/mol. The monoisotopic (exact) mass is 518 g/mol. The van der Waals surface area contributed by atoms with Gasteiger partial charge < -0.3 is 15.7 Å². The third kappa shape index (κ3) is 16.2. The molecule has 0 spiro atoms. The molecule has 0 radical (unpaired) electrons. The molecule has 0 aliphatic rings. The van der Waals surface area contributed by atoms with Crippen molar-refractivity contribution in [2.24, 2.45) is 5.92 Å². The molecule has 206 valence electrons. The smallest absolute Gasteiger partial charge is 0.255 e. The van der Waals surface area contributed by atoms with Crippen LogP contribution in [-0.2, 0) is 4.79 Å². The summed E-state index contributed by atoms with van der Waals surface area (Å²) in [5.41, 5.74) is 0.225. The van der Waals surface area contributed by atoms with Crippen LogP contribution in [0.4, 0.5) is 0 Å². The Balaban J connectivity index is 2.13. The van der Waals surface area contributed by atoms with Crippen LogP contribution in [0.1, 0.15) is 75.6 Å². The molecule has 5 nitrogen and oxygen atoms in total. The highest BCUT2D eigenvalue weighted by molar-refractivity contribution is 5.96. The Hall–Kier alpha value is -3.60. The topological polar surface area (TPSA) is 78.4 Å². The van der Waals surface area contributed by atoms with Crippen LogP contribution in [0, 0.1) is 5.92 Å². The van der Waals surface area contributed by atoms with Gasteiger partial charge in [-0.05, 0) is 63.5 Å². The number of hydrogen-bond acceptors (Lipinski definition) is 3. The second-order valence-corrected chi connectivity index (χ2v) is 8.82. The number of rotatable bonds is 19. The molecule has 1 atom stereocenters. The lowest BCUT2D eigenvalue weighted by Crippen LogP contribution is -2.37. The Kier molecular flexibility index (Phi) is 19.3. The number of allylic oxidation sites excluding steroid dienone is 12. The van der Waals surface area contributed by atoms with Gasteiger partial charge in [0, 0.05) is 19.0 Å². The van der Waals surface area contributed by atoms with E-state index in [1.54, 1.807) is 18.2 Å². The normalized spacial score (nSPS) is 13.1. The van der Waals surface area contributed by atoms with Gasteiger partial charge in [0.2, 0.25) is 5.91 Å². The molecule has 38 heavy (non-hydrogen) atoms. The molecule has 0 heterocycles. The van der Waals surface area contributed by atoms with Crippen LogP contribution in [0.5, 0.6) is 5.75 Å². The van der Waals surface area contributed by atoms with Gasteiger partial charge >= 0.3 is 0 Å². The number of amides is 2. The second kappa shape index (κ2) is 22.6. The molecular formula is C33H46N2O3. The fourth-order valence-corrected chi connectivity index (χ4v) is 3.51. The predicted octanol–water partition coefficient (Wildman–Crippen LogP) is 7.35. The predicted molar refractivity (Wildman–Crippen MR) is 160 cm³/mol. The fraction of sp³-hybridized carbons (Fsp3) is 0.394. The fourth-order valence-electron chi connectivity index (χ4n) is 3.51. The maximum Gasteiger partial charge on any atom is 0.255 e. The number of phenols is 1. The van der Waals surface area contributed by atoms with Crippen LogP contribution in [0.2, 0.25) is 0 Å². The molecule has 0 fully saturated rings. The van der Waals surface area contributed by atoms with Crippen molar-refractivity contribution in [3.8, 4) is 5.75 Å². The number of carbonyl (C=O) groups excluding carboxylic acids is 2. The van der Waals surface area contributed by atoms with Crippen molar-refractivity contribution in [1.29, 1.82) is 0 Å². The Bertz CT molecular complexity index is 970. The number of phenolic OH excluding ortho intramolecular Hbond substituents is 1. The summed E-state index contributed by atoms with van der Waals surface area (Å²) in [6.07, 6.45) is 33.3. The number of carbonyl (C=O) groups is 2. The van der Waals surface area contributed by atoms with Gasteiger partial charge in [-0.2, -0.15) is 0 Å². The van der Waals surface area contributed by atoms with Gasteiger partial charge in [0.15, 0.2) is 0 Å². The summed E-state index contributed by atoms with van der Waals surface area (Å²) in [6.45, 7) is 4.80. The third-order valence-electron chi connectivity index (χ3n) is 5.74. The summed E-state index contributed by atoms with van der Waals surface area (Å²) in [4.78, 5) is 24.5. The first kappa shape index (κ1) is 32.4. The van der Waals surface area contributed by atoms with E-state index in [1.807, 2.05) is 6.92 Å². The van der Waals surface area contributed by atoms with E-state index in [4.69, 9.17) is 0 Å². The van der Waals surface area contributed by atoms with Crippen molar-refractivity contribution in [2.45, 2.75) is 65.2 Å². The number of benzene rings is 1. The van der Waals surface area contributed by atoms with Crippen molar-refractivity contribution < 1.29 is 14.7 Å². The molecule has 0 aromatic heterocycles. The maximum absolute atomic E-state index is 12.4. The van der Waals surface area contributed by atoms with Gasteiger partial charge in [-0.3, -0.25) is 9.59 Å². The second-order valence-electron chi connectivity index (χ2n) is 8.82. The minimum atomic E-state index is -0.359. The van der Waals surface area contributed by atoms with Crippen LogP contribution >= 0.6 is 0 Å². The molecular weight excluding hydrogens is 472 g/mol. The Morgan fingerprint density at radius 2 is 1.18 bits per heavy atom. The molecule has 1 aromatic rings. The van der Waals surface area contributed by atoms with E-state index in [9.17, 15) is 14.7 Å². The van der Waals surface area contributed by atoms with Crippen LogP contribution in [0.25, 0.3) is 0 Å². The summed E-state index contributed by atoms with van der Waals surface area (Å²) < 4.78 is 0. The highest BCUT2D eigenvalue weighted by Crippen LogP contribution is 2.14. The third-order valence-corrected chi connectivity index (χ3v) is 5.74. The molecule has 1 aromatic carbocycles. The van der Waals surface area contributed by atoms with Crippen LogP contribution in [-0.4, -0.2) is 30.0 Å². The van der Waals surface area contributed by atoms with Crippen LogP contribution in [0.3, 0.4) is 0 Å². The molecule has 0 aliphatic heterocycles. The summed E-state index contributed by atoms with van der Waals surface area (Å²) in [7, 11) is 0. The van der Waals surface area contributed by atoms with E-state index >= 15 is 0 Å². The highest BCUT2D eigenvalue weighted by Gasteiger charge is 2.14. The standard InChI is InChI=1S/C33H46N2O3/c1-3-5-6-7-8-9-10-11-12-13-14-15-16-17-18-19-20-21-24-29(4-2)32(37)34-27-28-35-33(38)30-25-22-23-26-31(30)36/h5-6,8-9,11-12,14-15,17-18,20-23,25-26,29,36H,3-4,7,10,13,16,19,24,27-28H2,1-2H3,(H,34,37)(H,35,38)/b6-5-,9-8-,12-11-,15-14-,18-17-,21-20-. The maximum atomic E-state index is 12.4. The van der Waals surface area contributed by atoms with Crippen molar-refractivity contribution in [1.82, 2.24) is 10.6 Å². The molecule has 3 N–H and O–H groups in total. The van der Waals surface area contributed by atoms with Gasteiger partial charge in [-0.1, -0.05) is 98.9 Å². The van der Waals surface area contributed by atoms with E-state index in [0.29, 0.717) is 19.5 Å². The summed E-state index contributed by atoms with van der Waals surface area (Å²) in [6, 6.07) is 6.38. The first-order valence-electron chi connectivity index (χ1n) is 13.8. The first-order chi connectivity index (χ1) is 18.6. The summed E-state index contributed by atoms with van der Waals surface area (Å²) in [5, 5.41) is 15.3. The van der Waals surface area contributed by atoms with Crippen LogP contribution < -0.4 is 10.6 Å². The van der Waals surface area contributed by atoms with E-state index < -0.39 is 0 Å². The van der Waals surface area contributed by atoms with Crippen molar-refractivity contribution in [3.63, 3.8) is 0 Å². The molecule has 1 unspecified atom stereocenters. The summed E-state index contributed by atoms with van der Waals surface area (Å²) in [5.74, 6) is -0.517. The zero-order valence-corrected chi connectivity index (χ0v) is 23.1. The van der Waals surface area contributed by atoms with Gasteiger partial charge in [0.1, 0.15) is 5.75 Å². The van der Waals surface area contributed by atoms with Crippen molar-refractivity contribution in [2.75, 3.05) is 13.1 Å². The molecule has 5 heteroatoms. The minimum Gasteiger partial charge on any atom is -0.507 e. The Morgan fingerprint density at radius 3 is 1.68 bits per heavy atom. The van der Waals surface area contributed by atoms with Crippen LogP contribution in [0.15, 0.2) is 97.2 Å². The van der Waals surface area contributed by atoms with Gasteiger partial charge in [-0.25, -0.2) is 0 Å². The highest BCUT2D eigenvalue weighted by atomic mass is 16.3.